The van der Waals surface area contributed by atoms with Crippen LogP contribution >= 0.6 is 0 Å². The fourth-order valence-corrected chi connectivity index (χ4v) is 0.831. The first-order chi connectivity index (χ1) is 7.14. The molecule has 3 nitrogen and oxygen atoms in total. The van der Waals surface area contributed by atoms with Crippen molar-refractivity contribution in [1.29, 1.82) is 0 Å². The van der Waals surface area contributed by atoms with E-state index in [1.807, 2.05) is 0 Å². The largest absolute Gasteiger partial charge is 0.451 e. The van der Waals surface area contributed by atoms with Crippen LogP contribution in [0.4, 0.5) is 26.3 Å². The Bertz CT molecular complexity index is 350. The van der Waals surface area contributed by atoms with E-state index >= 15 is 0 Å². The number of hydrogen-bond donors (Lipinski definition) is 0. The fourth-order valence-electron chi connectivity index (χ4n) is 0.831. The molecular weight excluding hydrogens is 240 g/mol. The van der Waals surface area contributed by atoms with Crippen molar-refractivity contribution in [2.24, 2.45) is 0 Å². The summed E-state index contributed by atoms with van der Waals surface area (Å²) >= 11 is 0. The topological polar surface area (TPSA) is 38.7 Å². The monoisotopic (exact) mass is 245 g/mol. The lowest BCUT2D eigenvalue weighted by Gasteiger charge is -2.10. The van der Waals surface area contributed by atoms with Crippen molar-refractivity contribution in [3.8, 4) is 0 Å². The van der Waals surface area contributed by atoms with E-state index in [2.05, 4.69) is 15.0 Å². The van der Waals surface area contributed by atoms with Crippen molar-refractivity contribution in [2.75, 3.05) is 0 Å². The average molecular weight is 245 g/mol. The Balaban J connectivity index is 3.33. The van der Waals surface area contributed by atoms with Gasteiger partial charge in [-0.05, 0) is 0 Å². The Hall–Kier alpha value is -1.41. The maximum absolute atomic E-state index is 12.2. The molecule has 1 aromatic heterocycles. The number of rotatable bonds is 1. The third-order valence-corrected chi connectivity index (χ3v) is 1.51. The Morgan fingerprint density at radius 2 is 1.19 bits per heavy atom. The van der Waals surface area contributed by atoms with Gasteiger partial charge in [-0.1, -0.05) is 6.92 Å². The van der Waals surface area contributed by atoms with E-state index in [0.717, 1.165) is 0 Å². The molecule has 0 unspecified atom stereocenters. The van der Waals surface area contributed by atoms with Gasteiger partial charge in [0, 0.05) is 6.42 Å². The van der Waals surface area contributed by atoms with Crippen LogP contribution in [0.2, 0.25) is 0 Å². The number of aromatic nitrogens is 3. The summed E-state index contributed by atoms with van der Waals surface area (Å²) in [5.74, 6) is -4.20. The van der Waals surface area contributed by atoms with Crippen LogP contribution in [0.25, 0.3) is 0 Å². The maximum atomic E-state index is 12.2. The Morgan fingerprint density at radius 3 is 1.44 bits per heavy atom. The van der Waals surface area contributed by atoms with Crippen LogP contribution in [0.15, 0.2) is 0 Å². The molecule has 1 heterocycles. The summed E-state index contributed by atoms with van der Waals surface area (Å²) in [6, 6.07) is 0. The smallest absolute Gasteiger partial charge is 0.209 e. The predicted octanol–water partition coefficient (Wildman–Crippen LogP) is 2.47. The second kappa shape index (κ2) is 3.87. The van der Waals surface area contributed by atoms with Crippen LogP contribution in [0.3, 0.4) is 0 Å². The molecule has 0 saturated carbocycles. The zero-order valence-electron chi connectivity index (χ0n) is 7.82. The molecule has 90 valence electrons. The molecule has 0 bridgehead atoms. The van der Waals surface area contributed by atoms with Gasteiger partial charge in [-0.3, -0.25) is 0 Å². The second-order valence-electron chi connectivity index (χ2n) is 2.75. The fraction of sp³-hybridized carbons (Fsp3) is 0.571. The SMILES string of the molecule is CCc1nc(C(F)(F)F)nc(C(F)(F)F)n1. The summed E-state index contributed by atoms with van der Waals surface area (Å²) in [4.78, 5) is 8.13. The number of aryl methyl sites for hydroxylation is 1. The molecule has 0 saturated heterocycles. The molecule has 0 aliphatic heterocycles. The van der Waals surface area contributed by atoms with E-state index in [-0.39, 0.29) is 6.42 Å². The van der Waals surface area contributed by atoms with Crippen LogP contribution in [0, 0.1) is 0 Å². The highest BCUT2D eigenvalue weighted by Gasteiger charge is 2.41. The molecule has 0 N–H and O–H groups in total. The van der Waals surface area contributed by atoms with Crippen molar-refractivity contribution in [1.82, 2.24) is 15.0 Å². The molecule has 0 aliphatic rings. The van der Waals surface area contributed by atoms with Crippen molar-refractivity contribution < 1.29 is 26.3 Å². The van der Waals surface area contributed by atoms with E-state index in [1.54, 1.807) is 0 Å². The van der Waals surface area contributed by atoms with Crippen molar-refractivity contribution in [3.05, 3.63) is 17.5 Å². The standard InChI is InChI=1S/C7H5F6N3/c1-2-3-14-4(6(8,9)10)16-5(15-3)7(11,12)13/h2H2,1H3. The Morgan fingerprint density at radius 1 is 0.812 bits per heavy atom. The normalized spacial score (nSPS) is 12.9. The molecule has 0 fully saturated rings. The maximum Gasteiger partial charge on any atom is 0.451 e. The van der Waals surface area contributed by atoms with Crippen LogP contribution < -0.4 is 0 Å². The number of alkyl halides is 6. The highest BCUT2D eigenvalue weighted by Crippen LogP contribution is 2.30. The molecule has 9 heteroatoms. The molecule has 1 aromatic rings. The van der Waals surface area contributed by atoms with Crippen molar-refractivity contribution in [2.45, 2.75) is 25.7 Å². The third-order valence-electron chi connectivity index (χ3n) is 1.51. The second-order valence-corrected chi connectivity index (χ2v) is 2.75. The number of halogens is 6. The first kappa shape index (κ1) is 12.7. The van der Waals surface area contributed by atoms with Crippen molar-refractivity contribution in [3.63, 3.8) is 0 Å². The summed E-state index contributed by atoms with van der Waals surface area (Å²) in [6.07, 6.45) is -10.2. The van der Waals surface area contributed by atoms with E-state index in [9.17, 15) is 26.3 Å². The summed E-state index contributed by atoms with van der Waals surface area (Å²) in [7, 11) is 0. The summed E-state index contributed by atoms with van der Waals surface area (Å²) < 4.78 is 72.9. The molecular formula is C7H5F6N3. The highest BCUT2D eigenvalue weighted by atomic mass is 19.4. The van der Waals surface area contributed by atoms with Gasteiger partial charge in [-0.2, -0.15) is 26.3 Å². The van der Waals surface area contributed by atoms with Gasteiger partial charge in [0.2, 0.25) is 11.6 Å². The summed E-state index contributed by atoms with van der Waals surface area (Å²) in [6.45, 7) is 1.34. The van der Waals surface area contributed by atoms with Gasteiger partial charge in [0.05, 0.1) is 0 Å². The van der Waals surface area contributed by atoms with Crippen LogP contribution in [0.1, 0.15) is 24.4 Å². The predicted molar refractivity (Wildman–Crippen MR) is 39.2 cm³/mol. The third kappa shape index (κ3) is 2.80. The first-order valence-electron chi connectivity index (χ1n) is 4.04. The van der Waals surface area contributed by atoms with Crippen molar-refractivity contribution >= 4 is 0 Å². The summed E-state index contributed by atoms with van der Waals surface area (Å²) in [5.41, 5.74) is 0. The van der Waals surface area contributed by atoms with Gasteiger partial charge in [0.15, 0.2) is 0 Å². The molecule has 0 aliphatic carbocycles. The molecule has 0 spiro atoms. The highest BCUT2D eigenvalue weighted by molar-refractivity contribution is 5.02. The van der Waals surface area contributed by atoms with Gasteiger partial charge in [-0.25, -0.2) is 15.0 Å². The molecule has 0 amide bonds. The Kier molecular flexibility index (Phi) is 3.06. The first-order valence-corrected chi connectivity index (χ1v) is 4.04. The molecule has 0 radical (unpaired) electrons. The summed E-state index contributed by atoms with van der Waals surface area (Å²) in [5, 5.41) is 0. The van der Waals surface area contributed by atoms with Gasteiger partial charge in [0.25, 0.3) is 0 Å². The van der Waals surface area contributed by atoms with E-state index in [4.69, 9.17) is 0 Å². The lowest BCUT2D eigenvalue weighted by molar-refractivity contribution is -0.155. The number of hydrogen-bond acceptors (Lipinski definition) is 3. The van der Waals surface area contributed by atoms with Crippen LogP contribution in [-0.2, 0) is 18.8 Å². The van der Waals surface area contributed by atoms with Gasteiger partial charge in [-0.15, -0.1) is 0 Å². The quantitative estimate of drug-likeness (QED) is 0.713. The molecule has 1 rings (SSSR count). The molecule has 16 heavy (non-hydrogen) atoms. The zero-order valence-corrected chi connectivity index (χ0v) is 7.82. The average Bonchev–Trinajstić information content (AvgIpc) is 2.14. The van der Waals surface area contributed by atoms with Crippen LogP contribution in [-0.4, -0.2) is 15.0 Å². The minimum absolute atomic E-state index is 0.144. The van der Waals surface area contributed by atoms with E-state index in [0.29, 0.717) is 0 Å². The lowest BCUT2D eigenvalue weighted by Crippen LogP contribution is -2.20. The van der Waals surface area contributed by atoms with E-state index < -0.39 is 29.8 Å². The minimum atomic E-state index is -5.02. The Labute approximate surface area is 85.5 Å². The minimum Gasteiger partial charge on any atom is -0.209 e. The molecule has 0 aromatic carbocycles. The van der Waals surface area contributed by atoms with Gasteiger partial charge < -0.3 is 0 Å². The zero-order chi connectivity index (χ0) is 12.6. The van der Waals surface area contributed by atoms with E-state index in [1.165, 1.54) is 6.92 Å². The molecule has 0 atom stereocenters. The van der Waals surface area contributed by atoms with Crippen LogP contribution in [0.5, 0.6) is 0 Å². The number of nitrogens with zero attached hydrogens (tertiary/aromatic N) is 3. The van der Waals surface area contributed by atoms with Gasteiger partial charge >= 0.3 is 12.4 Å². The lowest BCUT2D eigenvalue weighted by atomic mass is 10.4. The van der Waals surface area contributed by atoms with Gasteiger partial charge in [0.1, 0.15) is 5.82 Å².